The molecule has 0 spiro atoms. The van der Waals surface area contributed by atoms with E-state index >= 15 is 0 Å². The van der Waals surface area contributed by atoms with Crippen LogP contribution in [0.25, 0.3) is 22.2 Å². The second kappa shape index (κ2) is 8.99. The first kappa shape index (κ1) is 21.1. The number of benzene rings is 2. The number of fused-ring (bicyclic) bond motifs is 1. The number of hydrogen-bond donors (Lipinski definition) is 3. The normalized spacial score (nSPS) is 10.8. The number of H-pyrrole nitrogens is 1. The second-order valence-corrected chi connectivity index (χ2v) is 7.40. The topological polar surface area (TPSA) is 105 Å². The summed E-state index contributed by atoms with van der Waals surface area (Å²) in [5.41, 5.74) is 4.18. The molecular formula is C25H25FN6O2. The number of rotatable bonds is 6. The Labute approximate surface area is 198 Å². The largest absolute Gasteiger partial charge is 0.457 e. The molecule has 2 aromatic carbocycles. The third kappa shape index (κ3) is 4.53. The molecule has 174 valence electrons. The number of imidazole rings is 1. The molecule has 0 saturated heterocycles. The van der Waals surface area contributed by atoms with Crippen LogP contribution in [0.15, 0.2) is 79.1 Å². The lowest BCUT2D eigenvalue weighted by atomic mass is 10.1. The highest BCUT2D eigenvalue weighted by Crippen LogP contribution is 2.28. The molecule has 34 heavy (non-hydrogen) atoms. The molecule has 0 aliphatic rings. The molecule has 0 saturated carbocycles. The Balaban J connectivity index is 0.00000160. The third-order valence-corrected chi connectivity index (χ3v) is 5.07. The molecule has 0 aliphatic heterocycles. The van der Waals surface area contributed by atoms with E-state index in [1.165, 1.54) is 18.5 Å². The van der Waals surface area contributed by atoms with Crippen LogP contribution in [-0.4, -0.2) is 32.9 Å². The van der Waals surface area contributed by atoms with Crippen LogP contribution in [0.1, 0.15) is 14.8 Å². The SMILES string of the molecule is CNC(=O)c1cc(Oc2ccc3nc(Nc4cccc(-c5ccnc(F)c5)c4)[nH]c3c2)ccn1.[HH].[HH].[HH]. The van der Waals surface area contributed by atoms with E-state index in [2.05, 4.69) is 30.6 Å². The number of ether oxygens (including phenoxy) is 1. The molecule has 0 atom stereocenters. The quantitative estimate of drug-likeness (QED) is 0.277. The van der Waals surface area contributed by atoms with Crippen molar-refractivity contribution in [2.24, 2.45) is 0 Å². The van der Waals surface area contributed by atoms with E-state index in [9.17, 15) is 9.18 Å². The fourth-order valence-electron chi connectivity index (χ4n) is 3.47. The van der Waals surface area contributed by atoms with Gasteiger partial charge in [-0.25, -0.2) is 9.97 Å². The van der Waals surface area contributed by atoms with Crippen LogP contribution in [0.5, 0.6) is 11.5 Å². The van der Waals surface area contributed by atoms with Crippen LogP contribution in [0.4, 0.5) is 16.0 Å². The molecule has 8 nitrogen and oxygen atoms in total. The van der Waals surface area contributed by atoms with Crippen molar-refractivity contribution >= 4 is 28.6 Å². The van der Waals surface area contributed by atoms with Crippen LogP contribution < -0.4 is 15.4 Å². The lowest BCUT2D eigenvalue weighted by Crippen LogP contribution is -2.18. The first-order valence-electron chi connectivity index (χ1n) is 10.4. The molecule has 3 N–H and O–H groups in total. The van der Waals surface area contributed by atoms with E-state index in [1.54, 1.807) is 31.3 Å². The minimum Gasteiger partial charge on any atom is -0.457 e. The predicted molar refractivity (Wildman–Crippen MR) is 133 cm³/mol. The highest BCUT2D eigenvalue weighted by atomic mass is 19.1. The summed E-state index contributed by atoms with van der Waals surface area (Å²) in [5.74, 6) is 0.816. The molecule has 0 fully saturated rings. The summed E-state index contributed by atoms with van der Waals surface area (Å²) in [6, 6.07) is 19.4. The Bertz CT molecular complexity index is 1520. The van der Waals surface area contributed by atoms with E-state index in [0.717, 1.165) is 27.8 Å². The first-order chi connectivity index (χ1) is 16.6. The Morgan fingerprint density at radius 1 is 0.971 bits per heavy atom. The maximum absolute atomic E-state index is 13.5. The van der Waals surface area contributed by atoms with Crippen molar-refractivity contribution < 1.29 is 18.2 Å². The summed E-state index contributed by atoms with van der Waals surface area (Å²) < 4.78 is 19.4. The summed E-state index contributed by atoms with van der Waals surface area (Å²) >= 11 is 0. The number of anilines is 2. The fraction of sp³-hybridized carbons (Fsp3) is 0.0400. The van der Waals surface area contributed by atoms with Crippen molar-refractivity contribution in [3.8, 4) is 22.6 Å². The van der Waals surface area contributed by atoms with Crippen molar-refractivity contribution in [1.82, 2.24) is 25.3 Å². The predicted octanol–water partition coefficient (Wildman–Crippen LogP) is 5.79. The molecule has 0 unspecified atom stereocenters. The van der Waals surface area contributed by atoms with Gasteiger partial charge < -0.3 is 20.4 Å². The van der Waals surface area contributed by atoms with Gasteiger partial charge in [0, 0.05) is 47.6 Å². The number of carbonyl (C=O) groups is 1. The van der Waals surface area contributed by atoms with E-state index in [-0.39, 0.29) is 15.9 Å². The molecule has 3 aromatic heterocycles. The molecule has 5 aromatic rings. The number of halogens is 1. The van der Waals surface area contributed by atoms with Crippen molar-refractivity contribution in [1.29, 1.82) is 0 Å². The number of hydrogen-bond acceptors (Lipinski definition) is 6. The van der Waals surface area contributed by atoms with Crippen molar-refractivity contribution in [3.05, 3.63) is 90.8 Å². The van der Waals surface area contributed by atoms with Gasteiger partial charge in [0.05, 0.1) is 11.0 Å². The van der Waals surface area contributed by atoms with Gasteiger partial charge in [0.2, 0.25) is 11.9 Å². The molecule has 1 amide bonds. The third-order valence-electron chi connectivity index (χ3n) is 5.07. The lowest BCUT2D eigenvalue weighted by Gasteiger charge is -2.07. The van der Waals surface area contributed by atoms with Crippen LogP contribution in [0, 0.1) is 5.95 Å². The summed E-state index contributed by atoms with van der Waals surface area (Å²) in [4.78, 5) is 27.2. The highest BCUT2D eigenvalue weighted by molar-refractivity contribution is 5.92. The van der Waals surface area contributed by atoms with Crippen molar-refractivity contribution in [3.63, 3.8) is 0 Å². The summed E-state index contributed by atoms with van der Waals surface area (Å²) in [7, 11) is 1.55. The van der Waals surface area contributed by atoms with Gasteiger partial charge in [0.25, 0.3) is 5.91 Å². The zero-order chi connectivity index (χ0) is 23.5. The summed E-state index contributed by atoms with van der Waals surface area (Å²) in [6.45, 7) is 0. The average Bonchev–Trinajstić information content (AvgIpc) is 3.25. The Kier molecular flexibility index (Phi) is 5.57. The smallest absolute Gasteiger partial charge is 0.269 e. The number of carbonyl (C=O) groups excluding carboxylic acids is 1. The fourth-order valence-corrected chi connectivity index (χ4v) is 3.47. The maximum atomic E-state index is 13.5. The Hall–Kier alpha value is -4.79. The molecule has 0 aliphatic carbocycles. The lowest BCUT2D eigenvalue weighted by molar-refractivity contribution is 0.0958. The van der Waals surface area contributed by atoms with Gasteiger partial charge in [0.1, 0.15) is 17.2 Å². The van der Waals surface area contributed by atoms with Crippen LogP contribution in [0.2, 0.25) is 0 Å². The number of nitrogens with one attached hydrogen (secondary N) is 3. The molecule has 5 rings (SSSR count). The number of pyridine rings is 2. The van der Waals surface area contributed by atoms with Gasteiger partial charge in [-0.3, -0.25) is 9.78 Å². The maximum Gasteiger partial charge on any atom is 0.269 e. The minimum absolute atomic E-state index is 0. The molecule has 9 heteroatoms. The van der Waals surface area contributed by atoms with Gasteiger partial charge in [0.15, 0.2) is 0 Å². The van der Waals surface area contributed by atoms with Gasteiger partial charge in [-0.05, 0) is 47.5 Å². The zero-order valence-electron chi connectivity index (χ0n) is 18.0. The highest BCUT2D eigenvalue weighted by Gasteiger charge is 2.09. The molecule has 3 heterocycles. The van der Waals surface area contributed by atoms with Crippen molar-refractivity contribution in [2.45, 2.75) is 0 Å². The first-order valence-corrected chi connectivity index (χ1v) is 10.4. The van der Waals surface area contributed by atoms with Crippen LogP contribution in [0.3, 0.4) is 0 Å². The van der Waals surface area contributed by atoms with Gasteiger partial charge >= 0.3 is 0 Å². The van der Waals surface area contributed by atoms with Gasteiger partial charge in [-0.1, -0.05) is 12.1 Å². The van der Waals surface area contributed by atoms with Gasteiger partial charge in [-0.2, -0.15) is 4.39 Å². The number of aromatic amines is 1. The Morgan fingerprint density at radius 2 is 1.79 bits per heavy atom. The molecule has 0 bridgehead atoms. The minimum atomic E-state index is -0.525. The van der Waals surface area contributed by atoms with Crippen molar-refractivity contribution in [2.75, 3.05) is 12.4 Å². The molecule has 0 radical (unpaired) electrons. The monoisotopic (exact) mass is 460 g/mol. The van der Waals surface area contributed by atoms with Crippen LogP contribution in [-0.2, 0) is 0 Å². The zero-order valence-corrected chi connectivity index (χ0v) is 18.0. The average molecular weight is 461 g/mol. The summed E-state index contributed by atoms with van der Waals surface area (Å²) in [5, 5.41) is 5.78. The van der Waals surface area contributed by atoms with E-state index in [4.69, 9.17) is 4.74 Å². The van der Waals surface area contributed by atoms with E-state index in [0.29, 0.717) is 17.4 Å². The second-order valence-electron chi connectivity index (χ2n) is 7.40. The summed E-state index contributed by atoms with van der Waals surface area (Å²) in [6.07, 6.45) is 2.96. The Morgan fingerprint density at radius 3 is 2.65 bits per heavy atom. The van der Waals surface area contributed by atoms with E-state index in [1.807, 2.05) is 36.4 Å². The van der Waals surface area contributed by atoms with E-state index < -0.39 is 5.95 Å². The van der Waals surface area contributed by atoms with Crippen LogP contribution >= 0.6 is 0 Å². The van der Waals surface area contributed by atoms with Gasteiger partial charge in [-0.15, -0.1) is 0 Å². The number of nitrogens with zero attached hydrogens (tertiary/aromatic N) is 3. The number of amides is 1. The standard InChI is InChI=1S/C25H19FN6O2.3H2/c1-27-24(33)22-14-19(8-10-28-22)34-18-5-6-20-21(13-18)32-25(31-20)30-17-4-2-3-15(11-17)16-7-9-29-23(26)12-16;;;/h2-14H,1H3,(H,27,33)(H2,30,31,32);3*1H. The molecular weight excluding hydrogens is 435 g/mol. The number of aromatic nitrogens is 4.